The van der Waals surface area contributed by atoms with Gasteiger partial charge in [-0.05, 0) is 29.8 Å². The highest BCUT2D eigenvalue weighted by atomic mass is 19.1. The van der Waals surface area contributed by atoms with Crippen LogP contribution in [0.3, 0.4) is 0 Å². The Morgan fingerprint density at radius 3 is 2.16 bits per heavy atom. The SMILES string of the molecule is O=C(Cc1ccc(F)cc1)N1CCN(C(=O)c2ccccc2O)CC1. The fourth-order valence-electron chi connectivity index (χ4n) is 2.87. The molecule has 2 amide bonds. The summed E-state index contributed by atoms with van der Waals surface area (Å²) in [5, 5.41) is 9.80. The van der Waals surface area contributed by atoms with Gasteiger partial charge in [0, 0.05) is 26.2 Å². The van der Waals surface area contributed by atoms with Gasteiger partial charge in [0.25, 0.3) is 5.91 Å². The third-order valence-corrected chi connectivity index (χ3v) is 4.32. The Morgan fingerprint density at radius 1 is 0.920 bits per heavy atom. The Labute approximate surface area is 145 Å². The van der Waals surface area contributed by atoms with Crippen LogP contribution in [-0.2, 0) is 11.2 Å². The minimum absolute atomic E-state index is 0.0395. The molecule has 0 radical (unpaired) electrons. The number of aromatic hydroxyl groups is 1. The summed E-state index contributed by atoms with van der Waals surface area (Å²) in [5.74, 6) is -0.639. The second-order valence-corrected chi connectivity index (χ2v) is 5.99. The van der Waals surface area contributed by atoms with Crippen molar-refractivity contribution in [3.05, 3.63) is 65.5 Å². The highest BCUT2D eigenvalue weighted by molar-refractivity contribution is 5.97. The van der Waals surface area contributed by atoms with Crippen molar-refractivity contribution in [3.63, 3.8) is 0 Å². The lowest BCUT2D eigenvalue weighted by molar-refractivity contribution is -0.131. The molecule has 1 heterocycles. The number of phenols is 1. The van der Waals surface area contributed by atoms with E-state index in [-0.39, 0.29) is 35.4 Å². The molecule has 0 saturated carbocycles. The third kappa shape index (κ3) is 3.96. The first-order valence-electron chi connectivity index (χ1n) is 8.14. The van der Waals surface area contributed by atoms with Crippen LogP contribution in [0.5, 0.6) is 5.75 Å². The fourth-order valence-corrected chi connectivity index (χ4v) is 2.87. The molecule has 25 heavy (non-hydrogen) atoms. The molecular formula is C19H19FN2O3. The summed E-state index contributed by atoms with van der Waals surface area (Å²) in [7, 11) is 0. The van der Waals surface area contributed by atoms with Crippen molar-refractivity contribution in [2.75, 3.05) is 26.2 Å². The zero-order valence-corrected chi connectivity index (χ0v) is 13.7. The number of hydrogen-bond acceptors (Lipinski definition) is 3. The lowest BCUT2D eigenvalue weighted by Gasteiger charge is -2.35. The van der Waals surface area contributed by atoms with Crippen molar-refractivity contribution >= 4 is 11.8 Å². The van der Waals surface area contributed by atoms with Crippen molar-refractivity contribution in [2.24, 2.45) is 0 Å². The number of halogens is 1. The van der Waals surface area contributed by atoms with E-state index in [4.69, 9.17) is 0 Å². The van der Waals surface area contributed by atoms with Gasteiger partial charge in [0.1, 0.15) is 11.6 Å². The second kappa shape index (κ2) is 7.34. The van der Waals surface area contributed by atoms with E-state index in [1.807, 2.05) is 0 Å². The molecule has 2 aromatic rings. The van der Waals surface area contributed by atoms with E-state index in [1.165, 1.54) is 18.2 Å². The molecular weight excluding hydrogens is 323 g/mol. The third-order valence-electron chi connectivity index (χ3n) is 4.32. The molecule has 0 unspecified atom stereocenters. The highest BCUT2D eigenvalue weighted by Gasteiger charge is 2.25. The number of carbonyl (C=O) groups excluding carboxylic acids is 2. The van der Waals surface area contributed by atoms with Crippen molar-refractivity contribution in [3.8, 4) is 5.75 Å². The number of carbonyl (C=O) groups is 2. The average molecular weight is 342 g/mol. The van der Waals surface area contributed by atoms with E-state index in [9.17, 15) is 19.1 Å². The van der Waals surface area contributed by atoms with Gasteiger partial charge < -0.3 is 14.9 Å². The van der Waals surface area contributed by atoms with Crippen LogP contribution in [0.15, 0.2) is 48.5 Å². The van der Waals surface area contributed by atoms with Crippen LogP contribution in [0, 0.1) is 5.82 Å². The molecule has 2 aromatic carbocycles. The molecule has 0 aliphatic carbocycles. The van der Waals surface area contributed by atoms with Gasteiger partial charge >= 0.3 is 0 Å². The molecule has 1 N–H and O–H groups in total. The van der Waals surface area contributed by atoms with Crippen LogP contribution in [-0.4, -0.2) is 52.9 Å². The highest BCUT2D eigenvalue weighted by Crippen LogP contribution is 2.19. The maximum absolute atomic E-state index is 12.9. The predicted octanol–water partition coefficient (Wildman–Crippen LogP) is 2.06. The first-order chi connectivity index (χ1) is 12.0. The number of benzene rings is 2. The van der Waals surface area contributed by atoms with E-state index < -0.39 is 0 Å². The number of amides is 2. The van der Waals surface area contributed by atoms with E-state index in [0.29, 0.717) is 26.2 Å². The van der Waals surface area contributed by atoms with Gasteiger partial charge in [-0.3, -0.25) is 9.59 Å². The zero-order chi connectivity index (χ0) is 17.8. The maximum atomic E-state index is 12.9. The van der Waals surface area contributed by atoms with E-state index in [1.54, 1.807) is 40.1 Å². The summed E-state index contributed by atoms with van der Waals surface area (Å²) >= 11 is 0. The van der Waals surface area contributed by atoms with Gasteiger partial charge in [-0.25, -0.2) is 4.39 Å². The first kappa shape index (κ1) is 17.0. The molecule has 1 aliphatic rings. The van der Waals surface area contributed by atoms with E-state index >= 15 is 0 Å². The Hall–Kier alpha value is -2.89. The van der Waals surface area contributed by atoms with Gasteiger partial charge in [0.2, 0.25) is 5.91 Å². The fraction of sp³-hybridized carbons (Fsp3) is 0.263. The van der Waals surface area contributed by atoms with Crippen LogP contribution in [0.1, 0.15) is 15.9 Å². The molecule has 3 rings (SSSR count). The van der Waals surface area contributed by atoms with Crippen molar-refractivity contribution in [1.82, 2.24) is 9.80 Å². The van der Waals surface area contributed by atoms with E-state index in [2.05, 4.69) is 0 Å². The molecule has 5 nitrogen and oxygen atoms in total. The van der Waals surface area contributed by atoms with Crippen LogP contribution in [0.4, 0.5) is 4.39 Å². The van der Waals surface area contributed by atoms with Crippen LogP contribution < -0.4 is 0 Å². The van der Waals surface area contributed by atoms with E-state index in [0.717, 1.165) is 5.56 Å². The lowest BCUT2D eigenvalue weighted by atomic mass is 10.1. The Bertz CT molecular complexity index is 768. The molecule has 0 aromatic heterocycles. The largest absolute Gasteiger partial charge is 0.507 e. The first-order valence-corrected chi connectivity index (χ1v) is 8.14. The van der Waals surface area contributed by atoms with Gasteiger partial charge in [0.05, 0.1) is 12.0 Å². The minimum Gasteiger partial charge on any atom is -0.507 e. The molecule has 1 saturated heterocycles. The minimum atomic E-state index is -0.326. The van der Waals surface area contributed by atoms with Crippen LogP contribution in [0.2, 0.25) is 0 Å². The number of nitrogens with zero attached hydrogens (tertiary/aromatic N) is 2. The Balaban J connectivity index is 1.56. The monoisotopic (exact) mass is 342 g/mol. The van der Waals surface area contributed by atoms with Crippen LogP contribution >= 0.6 is 0 Å². The summed E-state index contributed by atoms with van der Waals surface area (Å²) in [6, 6.07) is 12.3. The zero-order valence-electron chi connectivity index (χ0n) is 13.7. The smallest absolute Gasteiger partial charge is 0.257 e. The summed E-state index contributed by atoms with van der Waals surface area (Å²) in [4.78, 5) is 28.1. The maximum Gasteiger partial charge on any atom is 0.257 e. The second-order valence-electron chi connectivity index (χ2n) is 5.99. The van der Waals surface area contributed by atoms with Gasteiger partial charge in [-0.1, -0.05) is 24.3 Å². The van der Waals surface area contributed by atoms with Gasteiger partial charge in [-0.2, -0.15) is 0 Å². The van der Waals surface area contributed by atoms with Crippen molar-refractivity contribution in [1.29, 1.82) is 0 Å². The quantitative estimate of drug-likeness (QED) is 0.929. The molecule has 0 spiro atoms. The molecule has 0 atom stereocenters. The summed E-state index contributed by atoms with van der Waals surface area (Å²) in [5.41, 5.74) is 1.03. The van der Waals surface area contributed by atoms with Gasteiger partial charge in [-0.15, -0.1) is 0 Å². The Morgan fingerprint density at radius 2 is 1.52 bits per heavy atom. The molecule has 130 valence electrons. The normalized spacial score (nSPS) is 14.4. The summed E-state index contributed by atoms with van der Waals surface area (Å²) < 4.78 is 12.9. The predicted molar refractivity (Wildman–Crippen MR) is 90.7 cm³/mol. The Kier molecular flexibility index (Phi) is 4.97. The number of rotatable bonds is 3. The average Bonchev–Trinajstić information content (AvgIpc) is 2.63. The molecule has 0 bridgehead atoms. The van der Waals surface area contributed by atoms with Crippen LogP contribution in [0.25, 0.3) is 0 Å². The summed E-state index contributed by atoms with van der Waals surface area (Å²) in [6.07, 6.45) is 0.216. The number of phenolic OH excluding ortho intramolecular Hbond substituents is 1. The lowest BCUT2D eigenvalue weighted by Crippen LogP contribution is -2.51. The van der Waals surface area contributed by atoms with Gasteiger partial charge in [0.15, 0.2) is 0 Å². The number of piperazine rings is 1. The standard InChI is InChI=1S/C19H19FN2O3/c20-15-7-5-14(6-8-15)13-18(24)21-9-11-22(12-10-21)19(25)16-3-1-2-4-17(16)23/h1-8,23H,9-13H2. The number of hydrogen-bond donors (Lipinski definition) is 1. The number of para-hydroxylation sites is 1. The topological polar surface area (TPSA) is 60.9 Å². The molecule has 6 heteroatoms. The molecule has 1 aliphatic heterocycles. The molecule has 1 fully saturated rings. The van der Waals surface area contributed by atoms with Crippen molar-refractivity contribution in [2.45, 2.75) is 6.42 Å². The van der Waals surface area contributed by atoms with Crippen molar-refractivity contribution < 1.29 is 19.1 Å². The summed E-state index contributed by atoms with van der Waals surface area (Å²) in [6.45, 7) is 1.73.